The van der Waals surface area contributed by atoms with Crippen molar-refractivity contribution in [2.45, 2.75) is 56.5 Å². The first-order valence-electron chi connectivity index (χ1n) is 11.8. The van der Waals surface area contributed by atoms with Gasteiger partial charge in [-0.15, -0.1) is 0 Å². The lowest BCUT2D eigenvalue weighted by Gasteiger charge is -2.33. The Bertz CT molecular complexity index is 1360. The van der Waals surface area contributed by atoms with Crippen molar-refractivity contribution in [2.24, 2.45) is 0 Å². The molecule has 0 bridgehead atoms. The summed E-state index contributed by atoms with van der Waals surface area (Å²) < 4.78 is 39.2. The van der Waals surface area contributed by atoms with Gasteiger partial charge >= 0.3 is 5.97 Å². The van der Waals surface area contributed by atoms with E-state index < -0.39 is 16.0 Å². The van der Waals surface area contributed by atoms with Crippen LogP contribution in [0.2, 0.25) is 0 Å². The van der Waals surface area contributed by atoms with Gasteiger partial charge in [0, 0.05) is 24.2 Å². The SMILES string of the molecule is CCOC(=O)c1ccc(S(=O)(=O)N(Cc2cc3ccc(OC)cc3[nH]c2=O)C2CCCCC2)cc1. The number of rotatable bonds is 8. The van der Waals surface area contributed by atoms with Gasteiger partial charge in [0.05, 0.1) is 29.7 Å². The number of nitrogens with one attached hydrogen (secondary N) is 1. The molecule has 0 amide bonds. The normalized spacial score (nSPS) is 14.8. The molecule has 4 rings (SSSR count). The molecule has 0 saturated heterocycles. The van der Waals surface area contributed by atoms with Gasteiger partial charge in [0.1, 0.15) is 5.75 Å². The number of pyridine rings is 1. The quantitative estimate of drug-likeness (QED) is 0.466. The van der Waals surface area contributed by atoms with Gasteiger partial charge in [-0.1, -0.05) is 19.3 Å². The Kier molecular flexibility index (Phi) is 7.57. The molecule has 3 aromatic rings. The Labute approximate surface area is 204 Å². The topological polar surface area (TPSA) is 106 Å². The Morgan fingerprint density at radius 1 is 1.06 bits per heavy atom. The number of hydrogen-bond acceptors (Lipinski definition) is 6. The molecular formula is C26H30N2O6S. The number of carbonyl (C=O) groups is 1. The molecule has 1 aliphatic rings. The van der Waals surface area contributed by atoms with Crippen LogP contribution in [-0.2, 0) is 21.3 Å². The molecule has 0 unspecified atom stereocenters. The van der Waals surface area contributed by atoms with Crippen LogP contribution < -0.4 is 10.3 Å². The lowest BCUT2D eigenvalue weighted by Crippen LogP contribution is -2.42. The van der Waals surface area contributed by atoms with Gasteiger partial charge in [-0.3, -0.25) is 4.79 Å². The maximum absolute atomic E-state index is 13.8. The van der Waals surface area contributed by atoms with Gasteiger partial charge in [-0.2, -0.15) is 4.31 Å². The number of fused-ring (bicyclic) bond motifs is 1. The number of H-pyrrole nitrogens is 1. The number of sulfonamides is 1. The van der Waals surface area contributed by atoms with Crippen LogP contribution in [0.25, 0.3) is 10.9 Å². The average molecular weight is 499 g/mol. The highest BCUT2D eigenvalue weighted by atomic mass is 32.2. The highest BCUT2D eigenvalue weighted by molar-refractivity contribution is 7.89. The van der Waals surface area contributed by atoms with Crippen molar-refractivity contribution in [3.63, 3.8) is 0 Å². The van der Waals surface area contributed by atoms with Crippen LogP contribution in [0.5, 0.6) is 5.75 Å². The molecule has 9 heteroatoms. The van der Waals surface area contributed by atoms with Gasteiger partial charge in [0.15, 0.2) is 0 Å². The van der Waals surface area contributed by atoms with E-state index in [0.717, 1.165) is 37.5 Å². The zero-order chi connectivity index (χ0) is 25.0. The average Bonchev–Trinajstić information content (AvgIpc) is 2.87. The van der Waals surface area contributed by atoms with E-state index >= 15 is 0 Å². The summed E-state index contributed by atoms with van der Waals surface area (Å²) >= 11 is 0. The first-order valence-corrected chi connectivity index (χ1v) is 13.3. The minimum absolute atomic E-state index is 0.0378. The lowest BCUT2D eigenvalue weighted by molar-refractivity contribution is 0.0526. The summed E-state index contributed by atoms with van der Waals surface area (Å²) in [6.07, 6.45) is 4.42. The Balaban J connectivity index is 1.70. The summed E-state index contributed by atoms with van der Waals surface area (Å²) in [6, 6.07) is 12.7. The second-order valence-electron chi connectivity index (χ2n) is 8.66. The molecule has 2 aromatic carbocycles. The first kappa shape index (κ1) is 24.9. The zero-order valence-electron chi connectivity index (χ0n) is 20.0. The van der Waals surface area contributed by atoms with E-state index in [-0.39, 0.29) is 35.2 Å². The van der Waals surface area contributed by atoms with Crippen LogP contribution in [0.15, 0.2) is 58.2 Å². The zero-order valence-corrected chi connectivity index (χ0v) is 20.8. The summed E-state index contributed by atoms with van der Waals surface area (Å²) in [5.41, 5.74) is 0.954. The molecular weight excluding hydrogens is 468 g/mol. The van der Waals surface area contributed by atoms with Crippen LogP contribution in [0.3, 0.4) is 0 Å². The fourth-order valence-electron chi connectivity index (χ4n) is 4.53. The van der Waals surface area contributed by atoms with E-state index in [0.29, 0.717) is 16.8 Å². The Hall–Kier alpha value is -3.17. The van der Waals surface area contributed by atoms with Crippen LogP contribution in [0.4, 0.5) is 0 Å². The van der Waals surface area contributed by atoms with Crippen LogP contribution in [0.1, 0.15) is 54.9 Å². The minimum Gasteiger partial charge on any atom is -0.497 e. The summed E-state index contributed by atoms with van der Waals surface area (Å²) in [6.45, 7) is 1.91. The third kappa shape index (κ3) is 5.41. The van der Waals surface area contributed by atoms with Crippen molar-refractivity contribution in [1.29, 1.82) is 0 Å². The standard InChI is InChI=1S/C26H30N2O6S/c1-3-34-26(30)18-10-13-23(14-11-18)35(31,32)28(21-7-5-4-6-8-21)17-20-15-19-9-12-22(33-2)16-24(19)27-25(20)29/h9-16,21H,3-8,17H2,1-2H3,(H,27,29). The molecule has 1 N–H and O–H groups in total. The first-order chi connectivity index (χ1) is 16.8. The van der Waals surface area contributed by atoms with Gasteiger partial charge in [-0.05, 0) is 67.6 Å². The molecule has 1 aliphatic carbocycles. The molecule has 0 aliphatic heterocycles. The van der Waals surface area contributed by atoms with E-state index in [1.165, 1.54) is 28.6 Å². The molecule has 35 heavy (non-hydrogen) atoms. The molecule has 186 valence electrons. The van der Waals surface area contributed by atoms with Gasteiger partial charge < -0.3 is 14.5 Å². The summed E-state index contributed by atoms with van der Waals surface area (Å²) in [5.74, 6) is 0.124. The van der Waals surface area contributed by atoms with Crippen LogP contribution >= 0.6 is 0 Å². The summed E-state index contributed by atoms with van der Waals surface area (Å²) in [7, 11) is -2.37. The highest BCUT2D eigenvalue weighted by Gasteiger charge is 2.33. The number of esters is 1. The Morgan fingerprint density at radius 2 is 1.77 bits per heavy atom. The maximum atomic E-state index is 13.8. The number of methoxy groups -OCH3 is 1. The van der Waals surface area contributed by atoms with Gasteiger partial charge in [0.25, 0.3) is 5.56 Å². The van der Waals surface area contributed by atoms with Crippen molar-refractivity contribution in [1.82, 2.24) is 9.29 Å². The fourth-order valence-corrected chi connectivity index (χ4v) is 6.19. The lowest BCUT2D eigenvalue weighted by atomic mass is 9.95. The fraction of sp³-hybridized carbons (Fsp3) is 0.385. The molecule has 0 spiro atoms. The monoisotopic (exact) mass is 498 g/mol. The number of aromatic nitrogens is 1. The van der Waals surface area contributed by atoms with Crippen molar-refractivity contribution >= 4 is 26.9 Å². The molecule has 1 saturated carbocycles. The van der Waals surface area contributed by atoms with Gasteiger partial charge in [-0.25, -0.2) is 13.2 Å². The highest BCUT2D eigenvalue weighted by Crippen LogP contribution is 2.30. The maximum Gasteiger partial charge on any atom is 0.338 e. The predicted molar refractivity (Wildman–Crippen MR) is 133 cm³/mol. The number of hydrogen-bond donors (Lipinski definition) is 1. The number of ether oxygens (including phenoxy) is 2. The second kappa shape index (κ2) is 10.6. The van der Waals surface area contributed by atoms with Crippen LogP contribution in [-0.4, -0.2) is 43.4 Å². The number of carbonyl (C=O) groups excluding carboxylic acids is 1. The Morgan fingerprint density at radius 3 is 2.43 bits per heavy atom. The molecule has 0 radical (unpaired) electrons. The molecule has 1 aromatic heterocycles. The van der Waals surface area contributed by atoms with Crippen molar-refractivity contribution in [3.05, 3.63) is 70.0 Å². The molecule has 0 atom stereocenters. The number of aromatic amines is 1. The van der Waals surface area contributed by atoms with Crippen molar-refractivity contribution in [2.75, 3.05) is 13.7 Å². The van der Waals surface area contributed by atoms with E-state index in [2.05, 4.69) is 4.98 Å². The number of benzene rings is 2. The predicted octanol–water partition coefficient (Wildman–Crippen LogP) is 4.24. The summed E-state index contributed by atoms with van der Waals surface area (Å²) in [4.78, 5) is 27.8. The second-order valence-corrected chi connectivity index (χ2v) is 10.6. The van der Waals surface area contributed by atoms with Crippen LogP contribution in [0, 0.1) is 0 Å². The largest absolute Gasteiger partial charge is 0.497 e. The third-order valence-electron chi connectivity index (χ3n) is 6.41. The van der Waals surface area contributed by atoms with E-state index in [1.807, 2.05) is 6.07 Å². The van der Waals surface area contributed by atoms with Crippen molar-refractivity contribution < 1.29 is 22.7 Å². The molecule has 8 nitrogen and oxygen atoms in total. The molecule has 1 fully saturated rings. The minimum atomic E-state index is -3.93. The number of nitrogens with zero attached hydrogens (tertiary/aromatic N) is 1. The third-order valence-corrected chi connectivity index (χ3v) is 8.32. The van der Waals surface area contributed by atoms with Crippen molar-refractivity contribution in [3.8, 4) is 5.75 Å². The van der Waals surface area contributed by atoms with E-state index in [9.17, 15) is 18.0 Å². The van der Waals surface area contributed by atoms with E-state index in [4.69, 9.17) is 9.47 Å². The van der Waals surface area contributed by atoms with E-state index in [1.54, 1.807) is 32.2 Å². The molecule has 1 heterocycles. The van der Waals surface area contributed by atoms with Gasteiger partial charge in [0.2, 0.25) is 10.0 Å². The summed E-state index contributed by atoms with van der Waals surface area (Å²) in [5, 5.41) is 0.792. The smallest absolute Gasteiger partial charge is 0.338 e.